The molecular weight excluding hydrogens is 376 g/mol. The minimum atomic E-state index is -0.0198. The zero-order valence-electron chi connectivity index (χ0n) is 15.9. The highest BCUT2D eigenvalue weighted by atomic mass is 35.5. The van der Waals surface area contributed by atoms with Crippen LogP contribution in [0.5, 0.6) is 5.75 Å². The zero-order chi connectivity index (χ0) is 19.7. The van der Waals surface area contributed by atoms with Crippen molar-refractivity contribution in [3.63, 3.8) is 0 Å². The number of benzene rings is 2. The number of aromatic nitrogens is 1. The predicted molar refractivity (Wildman–Crippen MR) is 110 cm³/mol. The number of morpholine rings is 1. The summed E-state index contributed by atoms with van der Waals surface area (Å²) < 4.78 is 10.9. The molecule has 6 heteroatoms. The third kappa shape index (κ3) is 3.32. The normalized spacial score (nSPS) is 14.3. The average molecular weight is 397 g/mol. The van der Waals surface area contributed by atoms with E-state index >= 15 is 0 Å². The predicted octanol–water partition coefficient (Wildman–Crippen LogP) is 4.34. The largest absolute Gasteiger partial charge is 0.496 e. The molecule has 1 aromatic heterocycles. The van der Waals surface area contributed by atoms with Gasteiger partial charge in [-0.15, -0.1) is 0 Å². The molecule has 0 saturated carbocycles. The molecule has 2 aromatic carbocycles. The van der Waals surface area contributed by atoms with Crippen LogP contribution in [-0.4, -0.2) is 49.2 Å². The first-order valence-electron chi connectivity index (χ1n) is 9.20. The van der Waals surface area contributed by atoms with E-state index < -0.39 is 0 Å². The Morgan fingerprint density at radius 1 is 1.18 bits per heavy atom. The fourth-order valence-corrected chi connectivity index (χ4v) is 3.66. The third-order valence-corrected chi connectivity index (χ3v) is 5.49. The van der Waals surface area contributed by atoms with Gasteiger partial charge in [-0.2, -0.15) is 0 Å². The average Bonchev–Trinajstić information content (AvgIpc) is 2.75. The molecule has 0 atom stereocenters. The van der Waals surface area contributed by atoms with Gasteiger partial charge in [0, 0.05) is 29.1 Å². The number of pyridine rings is 1. The molecule has 1 fully saturated rings. The van der Waals surface area contributed by atoms with Crippen LogP contribution in [0.4, 0.5) is 0 Å². The lowest BCUT2D eigenvalue weighted by Crippen LogP contribution is -2.40. The van der Waals surface area contributed by atoms with Gasteiger partial charge in [-0.3, -0.25) is 4.79 Å². The van der Waals surface area contributed by atoms with E-state index in [1.165, 1.54) is 0 Å². The maximum absolute atomic E-state index is 13.3. The van der Waals surface area contributed by atoms with Crippen LogP contribution in [0.25, 0.3) is 22.2 Å². The van der Waals surface area contributed by atoms with Crippen LogP contribution in [0.2, 0.25) is 5.02 Å². The van der Waals surface area contributed by atoms with Gasteiger partial charge in [0.1, 0.15) is 5.75 Å². The van der Waals surface area contributed by atoms with Crippen molar-refractivity contribution in [1.82, 2.24) is 9.88 Å². The zero-order valence-corrected chi connectivity index (χ0v) is 16.6. The molecule has 1 saturated heterocycles. The number of halogens is 1. The van der Waals surface area contributed by atoms with E-state index in [4.69, 9.17) is 26.1 Å². The fraction of sp³-hybridized carbons (Fsp3) is 0.273. The molecule has 28 heavy (non-hydrogen) atoms. The number of nitrogens with zero attached hydrogens (tertiary/aromatic N) is 2. The molecular formula is C22H21ClN2O3. The molecule has 144 valence electrons. The molecule has 0 unspecified atom stereocenters. The Bertz CT molecular complexity index is 1050. The Hall–Kier alpha value is -2.63. The van der Waals surface area contributed by atoms with Gasteiger partial charge in [0.2, 0.25) is 0 Å². The Morgan fingerprint density at radius 2 is 1.93 bits per heavy atom. The first kappa shape index (κ1) is 18.7. The Balaban J connectivity index is 1.94. The third-order valence-electron chi connectivity index (χ3n) is 5.08. The lowest BCUT2D eigenvalue weighted by molar-refractivity contribution is 0.0304. The smallest absolute Gasteiger partial charge is 0.254 e. The van der Waals surface area contributed by atoms with Crippen LogP contribution in [0, 0.1) is 6.92 Å². The molecule has 1 aliphatic heterocycles. The maximum atomic E-state index is 13.3. The Morgan fingerprint density at radius 3 is 2.68 bits per heavy atom. The van der Waals surface area contributed by atoms with Gasteiger partial charge >= 0.3 is 0 Å². The number of carbonyl (C=O) groups excluding carboxylic acids is 1. The van der Waals surface area contributed by atoms with Crippen molar-refractivity contribution in [3.05, 3.63) is 58.6 Å². The molecule has 5 nitrogen and oxygen atoms in total. The number of hydrogen-bond donors (Lipinski definition) is 0. The van der Waals surface area contributed by atoms with E-state index in [2.05, 4.69) is 0 Å². The summed E-state index contributed by atoms with van der Waals surface area (Å²) in [4.78, 5) is 20.0. The molecule has 0 N–H and O–H groups in total. The summed E-state index contributed by atoms with van der Waals surface area (Å²) in [5.41, 5.74) is 3.72. The van der Waals surface area contributed by atoms with E-state index in [9.17, 15) is 4.79 Å². The summed E-state index contributed by atoms with van der Waals surface area (Å²) in [5, 5.41) is 1.43. The second kappa shape index (κ2) is 7.78. The van der Waals surface area contributed by atoms with Crippen molar-refractivity contribution in [1.29, 1.82) is 0 Å². The van der Waals surface area contributed by atoms with Crippen molar-refractivity contribution < 1.29 is 14.3 Å². The van der Waals surface area contributed by atoms with Crippen LogP contribution in [0.1, 0.15) is 15.9 Å². The number of ether oxygens (including phenoxy) is 2. The summed E-state index contributed by atoms with van der Waals surface area (Å²) in [6.45, 7) is 4.20. The van der Waals surface area contributed by atoms with Gasteiger partial charge in [0.05, 0.1) is 37.1 Å². The number of rotatable bonds is 3. The van der Waals surface area contributed by atoms with Crippen LogP contribution in [0.15, 0.2) is 42.5 Å². The SMILES string of the molecule is COc1ccccc1-c1cc(C(=O)N2CCOCC2)c2ccc(Cl)c(C)c2n1. The highest BCUT2D eigenvalue weighted by Gasteiger charge is 2.23. The van der Waals surface area contributed by atoms with Gasteiger partial charge < -0.3 is 14.4 Å². The lowest BCUT2D eigenvalue weighted by Gasteiger charge is -2.27. The quantitative estimate of drug-likeness (QED) is 0.660. The van der Waals surface area contributed by atoms with Gasteiger partial charge in [-0.1, -0.05) is 29.8 Å². The molecule has 0 aliphatic carbocycles. The number of fused-ring (bicyclic) bond motifs is 1. The molecule has 0 radical (unpaired) electrons. The first-order valence-corrected chi connectivity index (χ1v) is 9.58. The van der Waals surface area contributed by atoms with Gasteiger partial charge in [-0.25, -0.2) is 4.98 Å². The number of aryl methyl sites for hydroxylation is 1. The molecule has 1 amide bonds. The van der Waals surface area contributed by atoms with Gasteiger partial charge in [0.15, 0.2) is 0 Å². The first-order chi connectivity index (χ1) is 13.6. The summed E-state index contributed by atoms with van der Waals surface area (Å²) in [6.07, 6.45) is 0. The molecule has 0 spiro atoms. The molecule has 0 bridgehead atoms. The maximum Gasteiger partial charge on any atom is 0.254 e. The Labute approximate surface area is 168 Å². The van der Waals surface area contributed by atoms with Crippen LogP contribution in [-0.2, 0) is 4.74 Å². The molecule has 3 aromatic rings. The molecule has 1 aliphatic rings. The second-order valence-corrected chi connectivity index (χ2v) is 7.14. The van der Waals surface area contributed by atoms with E-state index in [0.29, 0.717) is 48.3 Å². The monoisotopic (exact) mass is 396 g/mol. The number of amides is 1. The van der Waals surface area contributed by atoms with E-state index in [-0.39, 0.29) is 5.91 Å². The van der Waals surface area contributed by atoms with Crippen molar-refractivity contribution in [2.75, 3.05) is 33.4 Å². The van der Waals surface area contributed by atoms with E-state index in [1.54, 1.807) is 7.11 Å². The highest BCUT2D eigenvalue weighted by Crippen LogP contribution is 2.34. The lowest BCUT2D eigenvalue weighted by atomic mass is 10.0. The summed E-state index contributed by atoms with van der Waals surface area (Å²) in [5.74, 6) is 0.687. The van der Waals surface area contributed by atoms with Crippen molar-refractivity contribution in [3.8, 4) is 17.0 Å². The second-order valence-electron chi connectivity index (χ2n) is 6.73. The van der Waals surface area contributed by atoms with Crippen molar-refractivity contribution in [2.45, 2.75) is 6.92 Å². The topological polar surface area (TPSA) is 51.7 Å². The number of methoxy groups -OCH3 is 1. The number of carbonyl (C=O) groups is 1. The van der Waals surface area contributed by atoms with Crippen LogP contribution < -0.4 is 4.74 Å². The Kier molecular flexibility index (Phi) is 5.20. The van der Waals surface area contributed by atoms with E-state index in [0.717, 1.165) is 22.0 Å². The van der Waals surface area contributed by atoms with Crippen molar-refractivity contribution in [2.24, 2.45) is 0 Å². The number of hydrogen-bond acceptors (Lipinski definition) is 4. The van der Waals surface area contributed by atoms with Crippen LogP contribution in [0.3, 0.4) is 0 Å². The number of para-hydroxylation sites is 1. The summed E-state index contributed by atoms with van der Waals surface area (Å²) in [7, 11) is 1.63. The van der Waals surface area contributed by atoms with Gasteiger partial charge in [-0.05, 0) is 36.8 Å². The minimum absolute atomic E-state index is 0.0198. The fourth-order valence-electron chi connectivity index (χ4n) is 3.51. The minimum Gasteiger partial charge on any atom is -0.496 e. The summed E-state index contributed by atoms with van der Waals surface area (Å²) in [6, 6.07) is 13.2. The van der Waals surface area contributed by atoms with Gasteiger partial charge in [0.25, 0.3) is 5.91 Å². The van der Waals surface area contributed by atoms with Crippen molar-refractivity contribution >= 4 is 28.4 Å². The standard InChI is InChI=1S/C22H21ClN2O3/c1-14-18(23)8-7-15-17(22(26)25-9-11-28-12-10-25)13-19(24-21(14)15)16-5-3-4-6-20(16)27-2/h3-8,13H,9-12H2,1-2H3. The van der Waals surface area contributed by atoms with Crippen LogP contribution >= 0.6 is 11.6 Å². The highest BCUT2D eigenvalue weighted by molar-refractivity contribution is 6.32. The molecule has 4 rings (SSSR count). The molecule has 2 heterocycles. The summed E-state index contributed by atoms with van der Waals surface area (Å²) >= 11 is 6.35. The van der Waals surface area contributed by atoms with E-state index in [1.807, 2.05) is 54.3 Å².